The molecule has 0 saturated heterocycles. The van der Waals surface area contributed by atoms with E-state index in [1.54, 1.807) is 18.4 Å². The molecular weight excluding hydrogens is 425 g/mol. The number of fused-ring (bicyclic) bond motifs is 1. The summed E-state index contributed by atoms with van der Waals surface area (Å²) in [5.41, 5.74) is 1.10. The van der Waals surface area contributed by atoms with Gasteiger partial charge in [0.2, 0.25) is 0 Å². The van der Waals surface area contributed by atoms with Gasteiger partial charge in [0.15, 0.2) is 11.8 Å². The molecule has 2 N–H and O–H groups in total. The van der Waals surface area contributed by atoms with Crippen molar-refractivity contribution in [2.24, 2.45) is 4.99 Å². The maximum absolute atomic E-state index is 4.52. The highest BCUT2D eigenvalue weighted by molar-refractivity contribution is 14.0. The van der Waals surface area contributed by atoms with Crippen molar-refractivity contribution in [2.75, 3.05) is 7.05 Å². The second kappa shape index (κ2) is 8.04. The van der Waals surface area contributed by atoms with E-state index in [0.29, 0.717) is 13.1 Å². The van der Waals surface area contributed by atoms with Crippen molar-refractivity contribution in [3.05, 3.63) is 27.2 Å². The van der Waals surface area contributed by atoms with Crippen LogP contribution in [-0.4, -0.2) is 32.8 Å². The first-order valence-electron chi connectivity index (χ1n) is 7.45. The van der Waals surface area contributed by atoms with Crippen LogP contribution in [0.15, 0.2) is 4.99 Å². The Balaban J connectivity index is 0.00000192. The number of halogens is 1. The molecule has 2 aromatic rings. The van der Waals surface area contributed by atoms with Gasteiger partial charge in [-0.1, -0.05) is 0 Å². The SMILES string of the molecule is CN=C(NCc1nc(C)c(C)s1)NCc1nnc2n1CCC2.I. The third kappa shape index (κ3) is 4.19. The second-order valence-corrected chi connectivity index (χ2v) is 6.60. The number of aryl methyl sites for hydroxylation is 3. The molecule has 0 spiro atoms. The van der Waals surface area contributed by atoms with Crippen molar-refractivity contribution in [1.29, 1.82) is 0 Å². The summed E-state index contributed by atoms with van der Waals surface area (Å²) in [6, 6.07) is 0. The van der Waals surface area contributed by atoms with Gasteiger partial charge < -0.3 is 15.2 Å². The fraction of sp³-hybridized carbons (Fsp3) is 0.571. The van der Waals surface area contributed by atoms with Crippen LogP contribution in [0, 0.1) is 13.8 Å². The van der Waals surface area contributed by atoms with Gasteiger partial charge in [-0.25, -0.2) is 4.98 Å². The smallest absolute Gasteiger partial charge is 0.191 e. The van der Waals surface area contributed by atoms with E-state index in [1.165, 1.54) is 4.88 Å². The molecule has 0 radical (unpaired) electrons. The molecule has 1 aliphatic heterocycles. The Morgan fingerprint density at radius 2 is 2.04 bits per heavy atom. The Kier molecular flexibility index (Phi) is 6.33. The highest BCUT2D eigenvalue weighted by Gasteiger charge is 2.17. The van der Waals surface area contributed by atoms with E-state index in [1.807, 2.05) is 6.92 Å². The predicted octanol–water partition coefficient (Wildman–Crippen LogP) is 1.78. The van der Waals surface area contributed by atoms with Crippen molar-refractivity contribution in [2.45, 2.75) is 46.3 Å². The highest BCUT2D eigenvalue weighted by Crippen LogP contribution is 2.16. The van der Waals surface area contributed by atoms with Crippen LogP contribution in [0.5, 0.6) is 0 Å². The zero-order valence-corrected chi connectivity index (χ0v) is 16.7. The Bertz CT molecular complexity index is 672. The van der Waals surface area contributed by atoms with Crippen LogP contribution >= 0.6 is 35.3 Å². The zero-order valence-electron chi connectivity index (χ0n) is 13.6. The summed E-state index contributed by atoms with van der Waals surface area (Å²) in [5, 5.41) is 16.1. The molecule has 0 aliphatic carbocycles. The van der Waals surface area contributed by atoms with E-state index in [-0.39, 0.29) is 24.0 Å². The molecule has 126 valence electrons. The van der Waals surface area contributed by atoms with E-state index < -0.39 is 0 Å². The van der Waals surface area contributed by atoms with Crippen LogP contribution in [0.1, 0.15) is 33.6 Å². The molecule has 0 amide bonds. The van der Waals surface area contributed by atoms with Gasteiger partial charge in [0.25, 0.3) is 0 Å². The maximum Gasteiger partial charge on any atom is 0.191 e. The molecular formula is C14H22IN7S. The number of nitrogens with one attached hydrogen (secondary N) is 2. The minimum Gasteiger partial charge on any atom is -0.350 e. The molecule has 0 saturated carbocycles. The number of hydrogen-bond donors (Lipinski definition) is 2. The van der Waals surface area contributed by atoms with Crippen molar-refractivity contribution < 1.29 is 0 Å². The highest BCUT2D eigenvalue weighted by atomic mass is 127. The summed E-state index contributed by atoms with van der Waals surface area (Å²) >= 11 is 1.72. The van der Waals surface area contributed by atoms with Gasteiger partial charge in [-0.2, -0.15) is 0 Å². The molecule has 0 aromatic carbocycles. The maximum atomic E-state index is 4.52. The molecule has 9 heteroatoms. The molecule has 7 nitrogen and oxygen atoms in total. The summed E-state index contributed by atoms with van der Waals surface area (Å²) in [6.45, 7) is 6.45. The molecule has 3 heterocycles. The normalized spacial score (nSPS) is 13.6. The van der Waals surface area contributed by atoms with Crippen LogP contribution in [0.2, 0.25) is 0 Å². The van der Waals surface area contributed by atoms with Crippen LogP contribution in [0.4, 0.5) is 0 Å². The lowest BCUT2D eigenvalue weighted by molar-refractivity contribution is 0.662. The Morgan fingerprint density at radius 1 is 1.26 bits per heavy atom. The van der Waals surface area contributed by atoms with E-state index in [9.17, 15) is 0 Å². The van der Waals surface area contributed by atoms with Crippen molar-refractivity contribution >= 4 is 41.3 Å². The third-order valence-electron chi connectivity index (χ3n) is 3.80. The first-order valence-corrected chi connectivity index (χ1v) is 8.27. The fourth-order valence-corrected chi connectivity index (χ4v) is 3.37. The summed E-state index contributed by atoms with van der Waals surface area (Å²) in [6.07, 6.45) is 2.19. The quantitative estimate of drug-likeness (QED) is 0.425. The van der Waals surface area contributed by atoms with Crippen LogP contribution in [-0.2, 0) is 26.1 Å². The van der Waals surface area contributed by atoms with Gasteiger partial charge in [-0.05, 0) is 20.3 Å². The van der Waals surface area contributed by atoms with Gasteiger partial charge in [0.1, 0.15) is 10.8 Å². The van der Waals surface area contributed by atoms with Crippen LogP contribution in [0.25, 0.3) is 0 Å². The largest absolute Gasteiger partial charge is 0.350 e. The first kappa shape index (κ1) is 18.1. The number of rotatable bonds is 4. The Labute approximate surface area is 157 Å². The van der Waals surface area contributed by atoms with E-state index in [4.69, 9.17) is 0 Å². The Hall–Kier alpha value is -1.23. The summed E-state index contributed by atoms with van der Waals surface area (Å²) in [4.78, 5) is 10.0. The number of aromatic nitrogens is 4. The molecule has 0 bridgehead atoms. The monoisotopic (exact) mass is 447 g/mol. The molecule has 0 unspecified atom stereocenters. The molecule has 0 fully saturated rings. The fourth-order valence-electron chi connectivity index (χ4n) is 2.50. The number of guanidine groups is 1. The number of thiazole rings is 1. The van der Waals surface area contributed by atoms with Crippen LogP contribution < -0.4 is 10.6 Å². The molecule has 1 aliphatic rings. The average molecular weight is 447 g/mol. The zero-order chi connectivity index (χ0) is 15.5. The molecule has 3 rings (SSSR count). The van der Waals surface area contributed by atoms with Gasteiger partial charge in [0, 0.05) is 24.9 Å². The average Bonchev–Trinajstić information content (AvgIpc) is 3.17. The number of hydrogen-bond acceptors (Lipinski definition) is 5. The van der Waals surface area contributed by atoms with Gasteiger partial charge in [-0.3, -0.25) is 4.99 Å². The topological polar surface area (TPSA) is 80.0 Å². The van der Waals surface area contributed by atoms with E-state index in [2.05, 4.69) is 42.3 Å². The van der Waals surface area contributed by atoms with Gasteiger partial charge in [0.05, 0.1) is 18.8 Å². The predicted molar refractivity (Wildman–Crippen MR) is 102 cm³/mol. The first-order chi connectivity index (χ1) is 10.7. The molecule has 2 aromatic heterocycles. The van der Waals surface area contributed by atoms with Gasteiger partial charge >= 0.3 is 0 Å². The van der Waals surface area contributed by atoms with Crippen LogP contribution in [0.3, 0.4) is 0 Å². The summed E-state index contributed by atoms with van der Waals surface area (Å²) in [7, 11) is 1.77. The lowest BCUT2D eigenvalue weighted by atomic mass is 10.4. The van der Waals surface area contributed by atoms with E-state index >= 15 is 0 Å². The summed E-state index contributed by atoms with van der Waals surface area (Å²) < 4.78 is 2.19. The Morgan fingerprint density at radius 3 is 2.74 bits per heavy atom. The van der Waals surface area contributed by atoms with Crippen molar-refractivity contribution in [1.82, 2.24) is 30.4 Å². The van der Waals surface area contributed by atoms with Crippen molar-refractivity contribution in [3.63, 3.8) is 0 Å². The second-order valence-electron chi connectivity index (χ2n) is 5.32. The van der Waals surface area contributed by atoms with Crippen molar-refractivity contribution in [3.8, 4) is 0 Å². The number of aliphatic imine (C=N–C) groups is 1. The van der Waals surface area contributed by atoms with E-state index in [0.717, 1.165) is 47.7 Å². The standard InChI is InChI=1S/C14H21N7S.HI/c1-9-10(2)22-13(18-9)8-17-14(15-3)16-7-12-20-19-11-5-4-6-21(11)12;/h4-8H2,1-3H3,(H2,15,16,17);1H. The third-order valence-corrected chi connectivity index (χ3v) is 4.88. The summed E-state index contributed by atoms with van der Waals surface area (Å²) in [5.74, 6) is 2.81. The lowest BCUT2D eigenvalue weighted by Gasteiger charge is -2.10. The minimum absolute atomic E-state index is 0. The number of nitrogens with zero attached hydrogens (tertiary/aromatic N) is 5. The molecule has 0 atom stereocenters. The lowest BCUT2D eigenvalue weighted by Crippen LogP contribution is -2.37. The molecule has 23 heavy (non-hydrogen) atoms. The van der Waals surface area contributed by atoms with Gasteiger partial charge in [-0.15, -0.1) is 45.5 Å². The minimum atomic E-state index is 0.